The van der Waals surface area contributed by atoms with E-state index in [2.05, 4.69) is 5.32 Å². The van der Waals surface area contributed by atoms with Crippen LogP contribution in [0, 0.1) is 17.6 Å². The average Bonchev–Trinajstić information content (AvgIpc) is 2.71. The monoisotopic (exact) mass is 259 g/mol. The van der Waals surface area contributed by atoms with Crippen molar-refractivity contribution in [3.63, 3.8) is 0 Å². The summed E-state index contributed by atoms with van der Waals surface area (Å²) >= 11 is 6.14. The lowest BCUT2D eigenvalue weighted by molar-refractivity contribution is 0.470. The predicted octanol–water partition coefficient (Wildman–Crippen LogP) is 3.46. The third-order valence-corrected chi connectivity index (χ3v) is 3.89. The fourth-order valence-corrected chi connectivity index (χ4v) is 2.67. The van der Waals surface area contributed by atoms with Crippen molar-refractivity contribution in [1.29, 1.82) is 0 Å². The second-order valence-electron chi connectivity index (χ2n) is 4.55. The largest absolute Gasteiger partial charge is 0.312 e. The summed E-state index contributed by atoms with van der Waals surface area (Å²) in [6.45, 7) is 1.12. The molecule has 2 unspecified atom stereocenters. The van der Waals surface area contributed by atoms with Gasteiger partial charge in [0, 0.05) is 17.5 Å². The Bertz CT molecular complexity index is 384. The normalized spacial score (nSPS) is 24.2. The number of halogens is 3. The van der Waals surface area contributed by atoms with Gasteiger partial charge in [-0.25, -0.2) is 8.78 Å². The zero-order valence-electron chi connectivity index (χ0n) is 9.56. The van der Waals surface area contributed by atoms with Gasteiger partial charge in [-0.3, -0.25) is 0 Å². The van der Waals surface area contributed by atoms with Gasteiger partial charge >= 0.3 is 0 Å². The lowest BCUT2D eigenvalue weighted by atomic mass is 10.1. The van der Waals surface area contributed by atoms with Gasteiger partial charge in [0.2, 0.25) is 0 Å². The number of hydrogen-bond donors (Lipinski definition) is 1. The van der Waals surface area contributed by atoms with Gasteiger partial charge in [-0.1, -0.05) is 18.6 Å². The lowest BCUT2D eigenvalue weighted by Crippen LogP contribution is -2.25. The van der Waals surface area contributed by atoms with Gasteiger partial charge in [-0.15, -0.1) is 11.6 Å². The summed E-state index contributed by atoms with van der Waals surface area (Å²) in [6, 6.07) is 4.25. The number of alkyl halides is 1. The maximum absolute atomic E-state index is 13.3. The maximum Gasteiger partial charge on any atom is 0.163 e. The van der Waals surface area contributed by atoms with Crippen molar-refractivity contribution in [1.82, 2.24) is 5.32 Å². The van der Waals surface area contributed by atoms with Gasteiger partial charge in [0.15, 0.2) is 11.6 Å². The molecule has 0 bridgehead atoms. The summed E-state index contributed by atoms with van der Waals surface area (Å²) in [7, 11) is 0. The first-order valence-corrected chi connectivity index (χ1v) is 6.40. The van der Waals surface area contributed by atoms with E-state index in [1.807, 2.05) is 0 Å². The van der Waals surface area contributed by atoms with E-state index in [-0.39, 0.29) is 5.38 Å². The lowest BCUT2D eigenvalue weighted by Gasteiger charge is -2.14. The molecule has 17 heavy (non-hydrogen) atoms. The quantitative estimate of drug-likeness (QED) is 0.817. The van der Waals surface area contributed by atoms with Crippen molar-refractivity contribution in [3.8, 4) is 0 Å². The summed E-state index contributed by atoms with van der Waals surface area (Å²) in [5.74, 6) is -1.09. The van der Waals surface area contributed by atoms with Crippen molar-refractivity contribution >= 4 is 11.6 Å². The zero-order chi connectivity index (χ0) is 12.3. The molecule has 1 nitrogen and oxygen atoms in total. The molecule has 0 saturated heterocycles. The summed E-state index contributed by atoms with van der Waals surface area (Å²) in [4.78, 5) is 0. The minimum atomic E-state index is -0.791. The fraction of sp³-hybridized carbons (Fsp3) is 0.538. The molecule has 1 N–H and O–H groups in total. The van der Waals surface area contributed by atoms with Crippen LogP contribution < -0.4 is 5.32 Å². The third kappa shape index (κ3) is 3.17. The third-order valence-electron chi connectivity index (χ3n) is 3.32. The summed E-state index contributed by atoms with van der Waals surface area (Å²) in [5, 5.41) is 3.37. The number of rotatable bonds is 4. The first-order valence-electron chi connectivity index (χ1n) is 5.96. The van der Waals surface area contributed by atoms with Crippen LogP contribution in [0.25, 0.3) is 0 Å². The topological polar surface area (TPSA) is 12.0 Å². The first kappa shape index (κ1) is 12.8. The fourth-order valence-electron chi connectivity index (χ4n) is 2.30. The van der Waals surface area contributed by atoms with Gasteiger partial charge in [0.25, 0.3) is 0 Å². The van der Waals surface area contributed by atoms with Gasteiger partial charge in [-0.2, -0.15) is 0 Å². The molecular weight excluding hydrogens is 244 g/mol. The summed E-state index contributed by atoms with van der Waals surface area (Å²) in [5.41, 5.74) is 0.370. The molecule has 1 aromatic carbocycles. The van der Waals surface area contributed by atoms with Crippen LogP contribution in [0.15, 0.2) is 18.2 Å². The SMILES string of the molecule is Fc1cccc(CNCC2CCCC2Cl)c1F. The number of nitrogens with one attached hydrogen (secondary N) is 1. The zero-order valence-corrected chi connectivity index (χ0v) is 10.3. The van der Waals surface area contributed by atoms with Crippen LogP contribution in [0.4, 0.5) is 8.78 Å². The smallest absolute Gasteiger partial charge is 0.163 e. The molecule has 4 heteroatoms. The number of benzene rings is 1. The summed E-state index contributed by atoms with van der Waals surface area (Å²) < 4.78 is 26.3. The Labute approximate surface area is 105 Å². The van der Waals surface area contributed by atoms with Crippen molar-refractivity contribution in [2.24, 2.45) is 5.92 Å². The van der Waals surface area contributed by atoms with E-state index in [0.717, 1.165) is 31.9 Å². The van der Waals surface area contributed by atoms with Crippen LogP contribution in [-0.4, -0.2) is 11.9 Å². The van der Waals surface area contributed by atoms with Gasteiger partial charge in [0.05, 0.1) is 0 Å². The van der Waals surface area contributed by atoms with Gasteiger partial charge in [0.1, 0.15) is 0 Å². The highest BCUT2D eigenvalue weighted by Crippen LogP contribution is 2.29. The first-order chi connectivity index (χ1) is 8.18. The molecule has 0 aliphatic heterocycles. The standard InChI is InChI=1S/C13H16ClF2N/c14-11-5-1-3-9(11)7-17-8-10-4-2-6-12(15)13(10)16/h2,4,6,9,11,17H,1,3,5,7-8H2. The number of hydrogen-bond acceptors (Lipinski definition) is 1. The Balaban J connectivity index is 1.84. The van der Waals surface area contributed by atoms with Crippen molar-refractivity contribution in [3.05, 3.63) is 35.4 Å². The Hall–Kier alpha value is -0.670. The van der Waals surface area contributed by atoms with E-state index in [1.165, 1.54) is 6.07 Å². The Morgan fingerprint density at radius 2 is 2.12 bits per heavy atom. The van der Waals surface area contributed by atoms with E-state index in [9.17, 15) is 8.78 Å². The molecule has 1 aromatic rings. The molecule has 0 spiro atoms. The van der Waals surface area contributed by atoms with Crippen LogP contribution in [0.1, 0.15) is 24.8 Å². The Morgan fingerprint density at radius 3 is 2.82 bits per heavy atom. The van der Waals surface area contributed by atoms with Crippen LogP contribution in [0.5, 0.6) is 0 Å². The Kier molecular flexibility index (Phi) is 4.35. The molecule has 1 aliphatic rings. The van der Waals surface area contributed by atoms with Gasteiger partial charge in [-0.05, 0) is 31.4 Å². The molecule has 0 radical (unpaired) electrons. The maximum atomic E-state index is 13.3. The molecule has 94 valence electrons. The van der Waals surface area contributed by atoms with E-state index in [4.69, 9.17) is 11.6 Å². The average molecular weight is 260 g/mol. The van der Waals surface area contributed by atoms with Crippen LogP contribution in [-0.2, 0) is 6.54 Å². The van der Waals surface area contributed by atoms with Crippen molar-refractivity contribution in [2.45, 2.75) is 31.2 Å². The van der Waals surface area contributed by atoms with E-state index in [1.54, 1.807) is 6.07 Å². The highest BCUT2D eigenvalue weighted by atomic mass is 35.5. The van der Waals surface area contributed by atoms with Crippen LogP contribution in [0.3, 0.4) is 0 Å². The highest BCUT2D eigenvalue weighted by molar-refractivity contribution is 6.20. The highest BCUT2D eigenvalue weighted by Gasteiger charge is 2.24. The molecule has 0 amide bonds. The van der Waals surface area contributed by atoms with E-state index >= 15 is 0 Å². The Morgan fingerprint density at radius 1 is 1.29 bits per heavy atom. The molecule has 1 saturated carbocycles. The second kappa shape index (κ2) is 5.78. The van der Waals surface area contributed by atoms with E-state index in [0.29, 0.717) is 18.0 Å². The molecule has 1 aliphatic carbocycles. The van der Waals surface area contributed by atoms with Gasteiger partial charge < -0.3 is 5.32 Å². The van der Waals surface area contributed by atoms with Crippen molar-refractivity contribution < 1.29 is 8.78 Å². The minimum Gasteiger partial charge on any atom is -0.312 e. The van der Waals surface area contributed by atoms with Crippen LogP contribution in [0.2, 0.25) is 0 Å². The van der Waals surface area contributed by atoms with Crippen LogP contribution >= 0.6 is 11.6 Å². The molecule has 2 rings (SSSR count). The van der Waals surface area contributed by atoms with E-state index < -0.39 is 11.6 Å². The van der Waals surface area contributed by atoms with Crippen molar-refractivity contribution in [2.75, 3.05) is 6.54 Å². The molecular formula is C13H16ClF2N. The summed E-state index contributed by atoms with van der Waals surface area (Å²) in [6.07, 6.45) is 3.34. The molecule has 2 atom stereocenters. The second-order valence-corrected chi connectivity index (χ2v) is 5.11. The molecule has 1 fully saturated rings. The molecule has 0 heterocycles. The minimum absolute atomic E-state index is 0.222. The predicted molar refractivity (Wildman–Crippen MR) is 65.0 cm³/mol. The molecule has 0 aromatic heterocycles.